The van der Waals surface area contributed by atoms with Gasteiger partial charge in [0.25, 0.3) is 5.91 Å². The fraction of sp³-hybridized carbons (Fsp3) is 0.286. The Balaban J connectivity index is 1.55. The lowest BCUT2D eigenvalue weighted by atomic mass is 9.99. The number of esters is 1. The van der Waals surface area contributed by atoms with Crippen LogP contribution in [0.4, 0.5) is 5.69 Å². The number of sulfonamides is 1. The van der Waals surface area contributed by atoms with Gasteiger partial charge in [-0.1, -0.05) is 18.2 Å². The second-order valence-corrected chi connectivity index (χ2v) is 8.82. The van der Waals surface area contributed by atoms with E-state index in [9.17, 15) is 22.8 Å². The molecule has 158 valence electrons. The third-order valence-corrected chi connectivity index (χ3v) is 5.85. The summed E-state index contributed by atoms with van der Waals surface area (Å²) in [6.07, 6.45) is 2.47. The Bertz CT molecular complexity index is 1070. The number of aryl methyl sites for hydroxylation is 1. The number of amides is 1. The van der Waals surface area contributed by atoms with Gasteiger partial charge in [0, 0.05) is 17.7 Å². The van der Waals surface area contributed by atoms with E-state index in [-0.39, 0.29) is 6.54 Å². The number of hydrogen-bond donors (Lipinski definition) is 1. The standard InChI is InChI=1S/C21H22N2O6S/c1-30(27,28)23-11-5-8-16-12-17(9-10-18(16)23)19(24)14-29-20(25)13-22-21(26)15-6-3-2-4-7-15/h2-4,6-7,9-10,12H,5,8,11,13-14H2,1H3,(H,22,26). The van der Waals surface area contributed by atoms with Crippen LogP contribution in [0.1, 0.15) is 32.7 Å². The number of hydrogen-bond acceptors (Lipinski definition) is 6. The minimum absolute atomic E-state index is 0.338. The van der Waals surface area contributed by atoms with E-state index in [0.29, 0.717) is 36.2 Å². The predicted molar refractivity (Wildman–Crippen MR) is 111 cm³/mol. The van der Waals surface area contributed by atoms with E-state index in [4.69, 9.17) is 4.74 Å². The van der Waals surface area contributed by atoms with Crippen molar-refractivity contribution in [3.63, 3.8) is 0 Å². The molecule has 9 heteroatoms. The van der Waals surface area contributed by atoms with Crippen molar-refractivity contribution < 1.29 is 27.5 Å². The first-order valence-electron chi connectivity index (χ1n) is 9.38. The molecule has 0 radical (unpaired) electrons. The van der Waals surface area contributed by atoms with Gasteiger partial charge in [-0.05, 0) is 48.7 Å². The van der Waals surface area contributed by atoms with E-state index in [1.165, 1.54) is 10.4 Å². The molecule has 1 aliphatic rings. The van der Waals surface area contributed by atoms with E-state index >= 15 is 0 Å². The zero-order valence-electron chi connectivity index (χ0n) is 16.5. The molecule has 0 atom stereocenters. The largest absolute Gasteiger partial charge is 0.456 e. The molecule has 0 unspecified atom stereocenters. The molecule has 30 heavy (non-hydrogen) atoms. The van der Waals surface area contributed by atoms with Crippen LogP contribution in [0.25, 0.3) is 0 Å². The zero-order valence-corrected chi connectivity index (χ0v) is 17.3. The van der Waals surface area contributed by atoms with Gasteiger partial charge in [0.15, 0.2) is 12.4 Å². The number of anilines is 1. The Hall–Kier alpha value is -3.20. The van der Waals surface area contributed by atoms with Crippen LogP contribution in [-0.2, 0) is 26.0 Å². The Kier molecular flexibility index (Phi) is 6.51. The van der Waals surface area contributed by atoms with Crippen molar-refractivity contribution in [3.05, 3.63) is 65.2 Å². The Labute approximate surface area is 174 Å². The molecule has 1 heterocycles. The number of fused-ring (bicyclic) bond motifs is 1. The molecule has 0 aromatic heterocycles. The second kappa shape index (κ2) is 9.08. The summed E-state index contributed by atoms with van der Waals surface area (Å²) in [4.78, 5) is 36.1. The molecular formula is C21H22N2O6S. The molecule has 0 aliphatic carbocycles. The fourth-order valence-corrected chi connectivity index (χ4v) is 4.20. The molecule has 1 N–H and O–H groups in total. The van der Waals surface area contributed by atoms with E-state index in [0.717, 1.165) is 11.8 Å². The van der Waals surface area contributed by atoms with Gasteiger partial charge >= 0.3 is 5.97 Å². The van der Waals surface area contributed by atoms with Crippen LogP contribution < -0.4 is 9.62 Å². The third-order valence-electron chi connectivity index (χ3n) is 4.67. The molecule has 0 saturated heterocycles. The highest BCUT2D eigenvalue weighted by molar-refractivity contribution is 7.92. The Morgan fingerprint density at radius 3 is 2.50 bits per heavy atom. The fourth-order valence-electron chi connectivity index (χ4n) is 3.20. The van der Waals surface area contributed by atoms with Crippen molar-refractivity contribution in [1.29, 1.82) is 0 Å². The van der Waals surface area contributed by atoms with Crippen molar-refractivity contribution in [1.82, 2.24) is 5.32 Å². The minimum Gasteiger partial charge on any atom is -0.456 e. The number of ether oxygens (including phenoxy) is 1. The second-order valence-electron chi connectivity index (χ2n) is 6.91. The number of benzene rings is 2. The summed E-state index contributed by atoms with van der Waals surface area (Å²) < 4.78 is 30.1. The molecule has 8 nitrogen and oxygen atoms in total. The van der Waals surface area contributed by atoms with E-state index in [2.05, 4.69) is 5.32 Å². The van der Waals surface area contributed by atoms with E-state index in [1.54, 1.807) is 42.5 Å². The lowest BCUT2D eigenvalue weighted by Crippen LogP contribution is -2.34. The first-order chi connectivity index (χ1) is 14.3. The molecule has 1 aliphatic heterocycles. The van der Waals surface area contributed by atoms with Crippen LogP contribution in [0.5, 0.6) is 0 Å². The molecular weight excluding hydrogens is 408 g/mol. The van der Waals surface area contributed by atoms with Crippen LogP contribution in [0, 0.1) is 0 Å². The first kappa shape index (κ1) is 21.5. The zero-order chi connectivity index (χ0) is 21.7. The van der Waals surface area contributed by atoms with Crippen LogP contribution in [0.3, 0.4) is 0 Å². The van der Waals surface area contributed by atoms with E-state index < -0.39 is 34.3 Å². The lowest BCUT2D eigenvalue weighted by molar-refractivity contribution is -0.141. The highest BCUT2D eigenvalue weighted by Gasteiger charge is 2.24. The summed E-state index contributed by atoms with van der Waals surface area (Å²) in [5.74, 6) is -1.55. The number of nitrogens with one attached hydrogen (secondary N) is 1. The summed E-state index contributed by atoms with van der Waals surface area (Å²) in [6, 6.07) is 13.2. The van der Waals surface area contributed by atoms with Crippen molar-refractivity contribution in [2.45, 2.75) is 12.8 Å². The molecule has 0 saturated carbocycles. The molecule has 3 rings (SSSR count). The molecule has 0 bridgehead atoms. The number of carbonyl (C=O) groups excluding carboxylic acids is 3. The van der Waals surface area contributed by atoms with Gasteiger partial charge in [0.1, 0.15) is 6.54 Å². The average Bonchev–Trinajstić information content (AvgIpc) is 2.74. The van der Waals surface area contributed by atoms with Crippen molar-refractivity contribution in [2.75, 3.05) is 30.3 Å². The summed E-state index contributed by atoms with van der Waals surface area (Å²) in [6.45, 7) is -0.408. The van der Waals surface area contributed by atoms with Gasteiger partial charge in [-0.2, -0.15) is 0 Å². The average molecular weight is 430 g/mol. The molecule has 2 aromatic carbocycles. The summed E-state index contributed by atoms with van der Waals surface area (Å²) >= 11 is 0. The van der Waals surface area contributed by atoms with Gasteiger partial charge in [-0.3, -0.25) is 18.7 Å². The molecule has 1 amide bonds. The first-order valence-corrected chi connectivity index (χ1v) is 11.2. The van der Waals surface area contributed by atoms with Crippen LogP contribution in [0.2, 0.25) is 0 Å². The van der Waals surface area contributed by atoms with Crippen LogP contribution in [0.15, 0.2) is 48.5 Å². The van der Waals surface area contributed by atoms with Gasteiger partial charge in [-0.25, -0.2) is 8.42 Å². The van der Waals surface area contributed by atoms with Crippen molar-refractivity contribution in [3.8, 4) is 0 Å². The SMILES string of the molecule is CS(=O)(=O)N1CCCc2cc(C(=O)COC(=O)CNC(=O)c3ccccc3)ccc21. The number of rotatable bonds is 7. The number of nitrogens with zero attached hydrogens (tertiary/aromatic N) is 1. The summed E-state index contributed by atoms with van der Waals surface area (Å²) in [5.41, 5.74) is 2.09. The predicted octanol–water partition coefficient (Wildman–Crippen LogP) is 1.55. The Morgan fingerprint density at radius 1 is 1.07 bits per heavy atom. The third kappa shape index (κ3) is 5.24. The van der Waals surface area contributed by atoms with E-state index in [1.807, 2.05) is 0 Å². The van der Waals surface area contributed by atoms with Crippen molar-refractivity contribution >= 4 is 33.4 Å². The summed E-state index contributed by atoms with van der Waals surface area (Å²) in [7, 11) is -3.38. The molecule has 0 fully saturated rings. The van der Waals surface area contributed by atoms with Gasteiger partial charge < -0.3 is 10.1 Å². The van der Waals surface area contributed by atoms with Gasteiger partial charge in [0.2, 0.25) is 10.0 Å². The maximum Gasteiger partial charge on any atom is 0.325 e. The van der Waals surface area contributed by atoms with Crippen molar-refractivity contribution in [2.24, 2.45) is 0 Å². The smallest absolute Gasteiger partial charge is 0.325 e. The van der Waals surface area contributed by atoms with Crippen LogP contribution in [-0.4, -0.2) is 52.0 Å². The normalized spacial score (nSPS) is 13.3. The highest BCUT2D eigenvalue weighted by Crippen LogP contribution is 2.30. The maximum absolute atomic E-state index is 12.4. The molecule has 2 aromatic rings. The summed E-state index contributed by atoms with van der Waals surface area (Å²) in [5, 5.41) is 2.43. The topological polar surface area (TPSA) is 110 Å². The molecule has 0 spiro atoms. The minimum atomic E-state index is -3.38. The van der Waals surface area contributed by atoms with Gasteiger partial charge in [-0.15, -0.1) is 0 Å². The van der Waals surface area contributed by atoms with Crippen LogP contribution >= 0.6 is 0 Å². The Morgan fingerprint density at radius 2 is 1.80 bits per heavy atom. The quantitative estimate of drug-likeness (QED) is 0.527. The number of ketones is 1. The lowest BCUT2D eigenvalue weighted by Gasteiger charge is -2.29. The number of carbonyl (C=O) groups is 3. The maximum atomic E-state index is 12.4. The van der Waals surface area contributed by atoms with Gasteiger partial charge in [0.05, 0.1) is 11.9 Å². The monoisotopic (exact) mass is 430 g/mol. The number of Topliss-reactive ketones (excluding diaryl/α,β-unsaturated/α-hetero) is 1. The highest BCUT2D eigenvalue weighted by atomic mass is 32.2.